The van der Waals surface area contributed by atoms with Crippen LogP contribution in [0.25, 0.3) is 0 Å². The number of halogens is 3. The molecule has 7 heteroatoms. The van der Waals surface area contributed by atoms with Crippen molar-refractivity contribution in [1.29, 1.82) is 0 Å². The second kappa shape index (κ2) is 3.17. The van der Waals surface area contributed by atoms with Crippen LogP contribution < -0.4 is 21.9 Å². The first kappa shape index (κ1) is 10.3. The Hall–Kier alpha value is -1.79. The molecule has 0 aromatic heterocycles. The number of rotatable bonds is 1. The van der Waals surface area contributed by atoms with Crippen molar-refractivity contribution >= 4 is 17.1 Å². The Balaban J connectivity index is 3.04. The molecule has 0 bridgehead atoms. The number of anilines is 3. The summed E-state index contributed by atoms with van der Waals surface area (Å²) in [6.07, 6.45) is -4.79. The van der Waals surface area contributed by atoms with E-state index in [9.17, 15) is 13.2 Å². The van der Waals surface area contributed by atoms with Gasteiger partial charge in [0.25, 0.3) is 0 Å². The molecule has 14 heavy (non-hydrogen) atoms. The van der Waals surface area contributed by atoms with Crippen LogP contribution in [0, 0.1) is 0 Å². The molecule has 0 amide bonds. The van der Waals surface area contributed by atoms with E-state index in [4.69, 9.17) is 17.2 Å². The normalized spacial score (nSPS) is 11.4. The van der Waals surface area contributed by atoms with Crippen LogP contribution in [-0.4, -0.2) is 6.36 Å². The number of hydrogen-bond donors (Lipinski definition) is 3. The van der Waals surface area contributed by atoms with Crippen LogP contribution in [-0.2, 0) is 0 Å². The highest BCUT2D eigenvalue weighted by Crippen LogP contribution is 2.33. The monoisotopic (exact) mass is 207 g/mol. The summed E-state index contributed by atoms with van der Waals surface area (Å²) >= 11 is 0. The lowest BCUT2D eigenvalue weighted by atomic mass is 10.2. The smallest absolute Gasteiger partial charge is 0.404 e. The Morgan fingerprint density at radius 3 is 1.93 bits per heavy atom. The second-order valence-corrected chi connectivity index (χ2v) is 2.57. The molecular weight excluding hydrogens is 199 g/mol. The van der Waals surface area contributed by atoms with Crippen molar-refractivity contribution in [2.24, 2.45) is 0 Å². The average molecular weight is 207 g/mol. The zero-order valence-electron chi connectivity index (χ0n) is 6.93. The molecule has 0 aliphatic carbocycles. The van der Waals surface area contributed by atoms with E-state index >= 15 is 0 Å². The van der Waals surface area contributed by atoms with E-state index in [1.165, 1.54) is 0 Å². The number of ether oxygens (including phenoxy) is 1. The summed E-state index contributed by atoms with van der Waals surface area (Å²) in [6, 6.07) is 2.04. The fraction of sp³-hybridized carbons (Fsp3) is 0.143. The number of benzene rings is 1. The zero-order valence-corrected chi connectivity index (χ0v) is 6.93. The quantitative estimate of drug-likeness (QED) is 0.606. The van der Waals surface area contributed by atoms with Crippen molar-refractivity contribution in [2.75, 3.05) is 17.2 Å². The Labute approximate surface area is 77.4 Å². The van der Waals surface area contributed by atoms with E-state index in [1.807, 2.05) is 0 Å². The van der Waals surface area contributed by atoms with Crippen molar-refractivity contribution in [3.05, 3.63) is 12.1 Å². The molecule has 0 fully saturated rings. The van der Waals surface area contributed by atoms with Gasteiger partial charge < -0.3 is 21.9 Å². The van der Waals surface area contributed by atoms with Crippen LogP contribution in [0.3, 0.4) is 0 Å². The van der Waals surface area contributed by atoms with E-state index in [-0.39, 0.29) is 17.1 Å². The van der Waals surface area contributed by atoms with E-state index in [0.717, 1.165) is 12.1 Å². The Morgan fingerprint density at radius 2 is 1.43 bits per heavy atom. The van der Waals surface area contributed by atoms with Gasteiger partial charge in [0.05, 0.1) is 17.1 Å². The highest BCUT2D eigenvalue weighted by molar-refractivity contribution is 5.73. The summed E-state index contributed by atoms with van der Waals surface area (Å²) in [5, 5.41) is 0. The largest absolute Gasteiger partial charge is 0.573 e. The van der Waals surface area contributed by atoms with Crippen molar-refractivity contribution < 1.29 is 17.9 Å². The van der Waals surface area contributed by atoms with Gasteiger partial charge in [-0.25, -0.2) is 0 Å². The molecule has 0 radical (unpaired) electrons. The molecule has 0 saturated carbocycles. The van der Waals surface area contributed by atoms with Crippen molar-refractivity contribution in [3.8, 4) is 5.75 Å². The first-order valence-corrected chi connectivity index (χ1v) is 3.50. The molecule has 0 aliphatic rings. The first-order chi connectivity index (χ1) is 6.29. The molecule has 1 aromatic carbocycles. The number of alkyl halides is 3. The van der Waals surface area contributed by atoms with Crippen LogP contribution in [0.5, 0.6) is 5.75 Å². The van der Waals surface area contributed by atoms with Gasteiger partial charge in [0.15, 0.2) is 5.75 Å². The Bertz CT molecular complexity index is 351. The van der Waals surface area contributed by atoms with Gasteiger partial charge in [-0.1, -0.05) is 0 Å². The molecule has 0 aliphatic heterocycles. The lowest BCUT2D eigenvalue weighted by molar-refractivity contribution is -0.274. The predicted molar refractivity (Wildman–Crippen MR) is 46.4 cm³/mol. The minimum atomic E-state index is -4.79. The highest BCUT2D eigenvalue weighted by atomic mass is 19.4. The summed E-state index contributed by atoms with van der Waals surface area (Å²) < 4.78 is 39.0. The van der Waals surface area contributed by atoms with Gasteiger partial charge in [0.1, 0.15) is 0 Å². The Morgan fingerprint density at radius 1 is 0.929 bits per heavy atom. The molecule has 1 aromatic rings. The Kier molecular flexibility index (Phi) is 2.33. The van der Waals surface area contributed by atoms with Gasteiger partial charge in [0.2, 0.25) is 0 Å². The summed E-state index contributed by atoms with van der Waals surface area (Å²) in [5.74, 6) is -0.552. The molecular formula is C7H8F3N3O. The minimum absolute atomic E-state index is 0.0153. The van der Waals surface area contributed by atoms with Crippen LogP contribution >= 0.6 is 0 Å². The van der Waals surface area contributed by atoms with Crippen LogP contribution in [0.1, 0.15) is 0 Å². The van der Waals surface area contributed by atoms with Crippen molar-refractivity contribution in [3.63, 3.8) is 0 Å². The number of nitrogens with two attached hydrogens (primary N) is 3. The summed E-state index contributed by atoms with van der Waals surface area (Å²) in [4.78, 5) is 0. The highest BCUT2D eigenvalue weighted by Gasteiger charge is 2.32. The zero-order chi connectivity index (χ0) is 10.9. The summed E-state index contributed by atoms with van der Waals surface area (Å²) in [7, 11) is 0. The maximum absolute atomic E-state index is 11.8. The number of hydrogen-bond acceptors (Lipinski definition) is 4. The van der Waals surface area contributed by atoms with Gasteiger partial charge in [-0.15, -0.1) is 13.2 Å². The molecule has 78 valence electrons. The van der Waals surface area contributed by atoms with Crippen LogP contribution in [0.2, 0.25) is 0 Å². The van der Waals surface area contributed by atoms with Gasteiger partial charge in [-0.2, -0.15) is 0 Å². The van der Waals surface area contributed by atoms with Gasteiger partial charge in [0, 0.05) is 6.07 Å². The third kappa shape index (κ3) is 2.35. The summed E-state index contributed by atoms with van der Waals surface area (Å²) in [5.41, 5.74) is 15.7. The standard InChI is InChI=1S/C7H8F3N3O/c8-7(9,10)14-6-2-4(12)3(11)1-5(6)13/h1-2H,11-13H2. The van der Waals surface area contributed by atoms with Crippen LogP contribution in [0.15, 0.2) is 12.1 Å². The lowest BCUT2D eigenvalue weighted by Gasteiger charge is -2.12. The van der Waals surface area contributed by atoms with E-state index in [0.29, 0.717) is 0 Å². The maximum Gasteiger partial charge on any atom is 0.573 e. The topological polar surface area (TPSA) is 87.3 Å². The lowest BCUT2D eigenvalue weighted by Crippen LogP contribution is -2.18. The van der Waals surface area contributed by atoms with Gasteiger partial charge in [-0.05, 0) is 6.07 Å². The molecule has 0 unspecified atom stereocenters. The predicted octanol–water partition coefficient (Wildman–Crippen LogP) is 1.33. The molecule has 0 atom stereocenters. The minimum Gasteiger partial charge on any atom is -0.404 e. The molecule has 0 saturated heterocycles. The molecule has 4 nitrogen and oxygen atoms in total. The van der Waals surface area contributed by atoms with E-state index in [2.05, 4.69) is 4.74 Å². The maximum atomic E-state index is 11.8. The molecule has 1 rings (SSSR count). The SMILES string of the molecule is Nc1cc(N)c(OC(F)(F)F)cc1N. The molecule has 6 N–H and O–H groups in total. The second-order valence-electron chi connectivity index (χ2n) is 2.57. The van der Waals surface area contributed by atoms with Gasteiger partial charge >= 0.3 is 6.36 Å². The van der Waals surface area contributed by atoms with Crippen molar-refractivity contribution in [1.82, 2.24) is 0 Å². The van der Waals surface area contributed by atoms with Crippen molar-refractivity contribution in [2.45, 2.75) is 6.36 Å². The van der Waals surface area contributed by atoms with Gasteiger partial charge in [-0.3, -0.25) is 0 Å². The fourth-order valence-corrected chi connectivity index (χ4v) is 0.843. The molecule has 0 heterocycles. The number of nitrogen functional groups attached to an aromatic ring is 3. The fourth-order valence-electron chi connectivity index (χ4n) is 0.843. The third-order valence-corrected chi connectivity index (χ3v) is 1.44. The van der Waals surface area contributed by atoms with E-state index < -0.39 is 12.1 Å². The van der Waals surface area contributed by atoms with Crippen LogP contribution in [0.4, 0.5) is 30.2 Å². The third-order valence-electron chi connectivity index (χ3n) is 1.44. The summed E-state index contributed by atoms with van der Waals surface area (Å²) in [6.45, 7) is 0. The van der Waals surface area contributed by atoms with E-state index in [1.54, 1.807) is 0 Å². The first-order valence-electron chi connectivity index (χ1n) is 3.50. The average Bonchev–Trinajstić information content (AvgIpc) is 1.97. The molecule has 0 spiro atoms.